The first-order valence-corrected chi connectivity index (χ1v) is 4.14. The standard InChI is InChI=1S/C8H7N4P/c9-6-2-1-5-4-10-11-8(12-13)7(5)3-6/h1-4,13H,9H2. The first-order valence-electron chi connectivity index (χ1n) is 3.69. The number of hydrogen-bond donors (Lipinski definition) is 1. The van der Waals surface area contributed by atoms with Gasteiger partial charge in [0.1, 0.15) is 0 Å². The van der Waals surface area contributed by atoms with E-state index in [0.717, 1.165) is 10.8 Å². The second kappa shape index (κ2) is 3.07. The predicted octanol–water partition coefficient (Wildman–Crippen LogP) is 2.17. The average molecular weight is 190 g/mol. The summed E-state index contributed by atoms with van der Waals surface area (Å²) in [4.78, 5) is 0. The van der Waals surface area contributed by atoms with Gasteiger partial charge in [-0.15, -0.1) is 5.10 Å². The third-order valence-corrected chi connectivity index (χ3v) is 1.99. The summed E-state index contributed by atoms with van der Waals surface area (Å²) in [6, 6.07) is 5.53. The van der Waals surface area contributed by atoms with Crippen molar-refractivity contribution in [1.29, 1.82) is 0 Å². The number of nitrogen functional groups attached to an aromatic ring is 1. The van der Waals surface area contributed by atoms with E-state index in [2.05, 4.69) is 24.0 Å². The van der Waals surface area contributed by atoms with Gasteiger partial charge in [0, 0.05) is 16.5 Å². The van der Waals surface area contributed by atoms with Crippen LogP contribution in [0.4, 0.5) is 11.5 Å². The Balaban J connectivity index is 2.86. The number of rotatable bonds is 1. The van der Waals surface area contributed by atoms with Crippen LogP contribution in [0.2, 0.25) is 0 Å². The molecule has 0 radical (unpaired) electrons. The maximum Gasteiger partial charge on any atom is 0.185 e. The predicted molar refractivity (Wildman–Crippen MR) is 54.4 cm³/mol. The third kappa shape index (κ3) is 1.36. The van der Waals surface area contributed by atoms with Crippen molar-refractivity contribution in [2.75, 3.05) is 5.73 Å². The van der Waals surface area contributed by atoms with Crippen LogP contribution in [-0.2, 0) is 0 Å². The Morgan fingerprint density at radius 2 is 2.23 bits per heavy atom. The van der Waals surface area contributed by atoms with E-state index in [1.807, 2.05) is 18.2 Å². The largest absolute Gasteiger partial charge is 0.399 e. The summed E-state index contributed by atoms with van der Waals surface area (Å²) in [5, 5.41) is 9.51. The monoisotopic (exact) mass is 190 g/mol. The zero-order chi connectivity index (χ0) is 9.26. The van der Waals surface area contributed by atoms with Crippen LogP contribution in [0.1, 0.15) is 0 Å². The lowest BCUT2D eigenvalue weighted by Crippen LogP contribution is -1.86. The van der Waals surface area contributed by atoms with Crippen LogP contribution in [0.3, 0.4) is 0 Å². The number of fused-ring (bicyclic) bond motifs is 1. The summed E-state index contributed by atoms with van der Waals surface area (Å²) in [6.07, 6.45) is 1.68. The molecule has 0 atom stereocenters. The average Bonchev–Trinajstić information content (AvgIpc) is 2.17. The summed E-state index contributed by atoms with van der Waals surface area (Å²) in [7, 11) is 3.03. The van der Waals surface area contributed by atoms with E-state index in [1.165, 1.54) is 0 Å². The van der Waals surface area contributed by atoms with E-state index < -0.39 is 0 Å². The highest BCUT2D eigenvalue weighted by Crippen LogP contribution is 2.24. The second-order valence-corrected chi connectivity index (χ2v) is 2.85. The van der Waals surface area contributed by atoms with E-state index >= 15 is 0 Å². The molecule has 1 heterocycles. The minimum atomic E-state index is 0.543. The molecule has 0 saturated heterocycles. The minimum absolute atomic E-state index is 0.543. The lowest BCUT2D eigenvalue weighted by Gasteiger charge is -1.99. The Kier molecular flexibility index (Phi) is 1.91. The molecule has 2 N–H and O–H groups in total. The number of nitrogens with zero attached hydrogens (tertiary/aromatic N) is 3. The van der Waals surface area contributed by atoms with Gasteiger partial charge in [-0.25, -0.2) is 4.74 Å². The molecule has 0 unspecified atom stereocenters. The third-order valence-electron chi connectivity index (χ3n) is 1.77. The normalized spacial score (nSPS) is 10.2. The summed E-state index contributed by atoms with van der Waals surface area (Å²) in [5.41, 5.74) is 6.33. The van der Waals surface area contributed by atoms with E-state index in [-0.39, 0.29) is 0 Å². The van der Waals surface area contributed by atoms with Crippen molar-refractivity contribution in [3.63, 3.8) is 0 Å². The highest BCUT2D eigenvalue weighted by molar-refractivity contribution is 7.04. The van der Waals surface area contributed by atoms with Crippen molar-refractivity contribution < 1.29 is 0 Å². The van der Waals surface area contributed by atoms with E-state index in [9.17, 15) is 0 Å². The smallest absolute Gasteiger partial charge is 0.185 e. The molecule has 0 aliphatic carbocycles. The van der Waals surface area contributed by atoms with Gasteiger partial charge < -0.3 is 5.73 Å². The fraction of sp³-hybridized carbons (Fsp3) is 0. The van der Waals surface area contributed by atoms with E-state index in [4.69, 9.17) is 5.73 Å². The van der Waals surface area contributed by atoms with Crippen molar-refractivity contribution in [2.45, 2.75) is 0 Å². The Labute approximate surface area is 77.1 Å². The number of nitrogens with two attached hydrogens (primary N) is 1. The van der Waals surface area contributed by atoms with E-state index in [0.29, 0.717) is 11.5 Å². The number of hydrogen-bond acceptors (Lipinski definition) is 4. The van der Waals surface area contributed by atoms with Gasteiger partial charge in [0.05, 0.1) is 6.20 Å². The molecule has 0 aliphatic heterocycles. The SMILES string of the molecule is Nc1ccc2cnnc(N=P)c2c1. The van der Waals surface area contributed by atoms with Crippen LogP contribution in [0.25, 0.3) is 10.8 Å². The summed E-state index contributed by atoms with van der Waals surface area (Å²) < 4.78 is 3.82. The molecule has 1 aromatic carbocycles. The van der Waals surface area contributed by atoms with Gasteiger partial charge in [0.15, 0.2) is 5.82 Å². The molecule has 13 heavy (non-hydrogen) atoms. The van der Waals surface area contributed by atoms with Gasteiger partial charge in [0.2, 0.25) is 0 Å². The molecule has 0 aliphatic rings. The van der Waals surface area contributed by atoms with Gasteiger partial charge in [-0.05, 0) is 21.2 Å². The highest BCUT2D eigenvalue weighted by Gasteiger charge is 2.00. The molecule has 5 heteroatoms. The first-order chi connectivity index (χ1) is 6.31. The fourth-order valence-electron chi connectivity index (χ4n) is 1.16. The zero-order valence-corrected chi connectivity index (χ0v) is 7.73. The number of aromatic nitrogens is 2. The Morgan fingerprint density at radius 3 is 3.00 bits per heavy atom. The minimum Gasteiger partial charge on any atom is -0.399 e. The lowest BCUT2D eigenvalue weighted by atomic mass is 10.2. The highest BCUT2D eigenvalue weighted by atomic mass is 31.0. The van der Waals surface area contributed by atoms with Crippen molar-refractivity contribution in [3.05, 3.63) is 24.4 Å². The summed E-state index contributed by atoms with van der Waals surface area (Å²) in [6.45, 7) is 0. The van der Waals surface area contributed by atoms with Crippen LogP contribution >= 0.6 is 9.03 Å². The summed E-state index contributed by atoms with van der Waals surface area (Å²) >= 11 is 0. The topological polar surface area (TPSA) is 64.2 Å². The molecule has 2 aromatic rings. The van der Waals surface area contributed by atoms with Crippen LogP contribution < -0.4 is 5.73 Å². The van der Waals surface area contributed by atoms with Crippen molar-refractivity contribution >= 4 is 31.3 Å². The Morgan fingerprint density at radius 1 is 1.38 bits per heavy atom. The number of anilines is 1. The van der Waals surface area contributed by atoms with Gasteiger partial charge in [0.25, 0.3) is 0 Å². The maximum atomic E-state index is 5.64. The zero-order valence-electron chi connectivity index (χ0n) is 6.73. The quantitative estimate of drug-likeness (QED) is 0.553. The number of benzene rings is 1. The molecular formula is C8H7N4P. The van der Waals surface area contributed by atoms with E-state index in [1.54, 1.807) is 6.20 Å². The summed E-state index contributed by atoms with van der Waals surface area (Å²) in [5.74, 6) is 0.543. The van der Waals surface area contributed by atoms with Crippen molar-refractivity contribution in [2.24, 2.45) is 4.74 Å². The van der Waals surface area contributed by atoms with Gasteiger partial charge in [-0.2, -0.15) is 5.10 Å². The molecule has 1 aromatic heterocycles. The molecule has 4 nitrogen and oxygen atoms in total. The molecule has 0 fully saturated rings. The lowest BCUT2D eigenvalue weighted by molar-refractivity contribution is 1.05. The Bertz CT molecular complexity index is 469. The molecule has 2 rings (SSSR count). The fourth-order valence-corrected chi connectivity index (χ4v) is 1.33. The molecule has 0 bridgehead atoms. The van der Waals surface area contributed by atoms with Gasteiger partial charge in [-0.1, -0.05) is 6.07 Å². The first kappa shape index (κ1) is 8.08. The molecule has 0 saturated carbocycles. The maximum absolute atomic E-state index is 5.64. The second-order valence-electron chi connectivity index (χ2n) is 2.63. The molecule has 64 valence electrons. The van der Waals surface area contributed by atoms with Gasteiger partial charge >= 0.3 is 0 Å². The van der Waals surface area contributed by atoms with Crippen LogP contribution in [0.15, 0.2) is 29.1 Å². The molecule has 0 spiro atoms. The van der Waals surface area contributed by atoms with Crippen LogP contribution in [0.5, 0.6) is 0 Å². The van der Waals surface area contributed by atoms with Crippen LogP contribution in [0, 0.1) is 0 Å². The van der Waals surface area contributed by atoms with Gasteiger partial charge in [-0.3, -0.25) is 0 Å². The molecule has 0 amide bonds. The van der Waals surface area contributed by atoms with Crippen molar-refractivity contribution in [1.82, 2.24) is 10.2 Å². The van der Waals surface area contributed by atoms with Crippen LogP contribution in [-0.4, -0.2) is 10.2 Å². The molecular weight excluding hydrogens is 183 g/mol. The van der Waals surface area contributed by atoms with Crippen molar-refractivity contribution in [3.8, 4) is 0 Å². The Hall–Kier alpha value is -1.54.